The van der Waals surface area contributed by atoms with Crippen molar-refractivity contribution in [2.75, 3.05) is 24.5 Å². The first kappa shape index (κ1) is 30.0. The minimum Gasteiger partial charge on any atom is -0.497 e. The first-order valence-electron chi connectivity index (χ1n) is 12.7. The number of nitrogens with one attached hydrogen (secondary N) is 1. The summed E-state index contributed by atoms with van der Waals surface area (Å²) in [6, 6.07) is 19.1. The van der Waals surface area contributed by atoms with Crippen LogP contribution in [0.1, 0.15) is 31.4 Å². The van der Waals surface area contributed by atoms with Crippen molar-refractivity contribution in [3.05, 3.63) is 88.9 Å². The Balaban J connectivity index is 2.05. The smallest absolute Gasteiger partial charge is 0.264 e. The maximum Gasteiger partial charge on any atom is 0.264 e. The van der Waals surface area contributed by atoms with Gasteiger partial charge in [-0.15, -0.1) is 0 Å². The molecule has 0 bridgehead atoms. The number of carbonyl (C=O) groups excluding carboxylic acids is 2. The summed E-state index contributed by atoms with van der Waals surface area (Å²) in [7, 11) is -2.59. The Hall–Kier alpha value is -3.56. The van der Waals surface area contributed by atoms with E-state index in [4.69, 9.17) is 16.3 Å². The van der Waals surface area contributed by atoms with Crippen LogP contribution in [-0.2, 0) is 26.2 Å². The average Bonchev–Trinajstić information content (AvgIpc) is 2.92. The molecule has 0 aromatic heterocycles. The Morgan fingerprint density at radius 1 is 1.00 bits per heavy atom. The molecule has 3 rings (SSSR count). The molecule has 208 valence electrons. The largest absolute Gasteiger partial charge is 0.497 e. The third kappa shape index (κ3) is 7.52. The molecule has 39 heavy (non-hydrogen) atoms. The zero-order valence-corrected chi connectivity index (χ0v) is 24.1. The Kier molecular flexibility index (Phi) is 10.4. The molecular formula is C29H34ClN3O5S. The molecule has 8 nitrogen and oxygen atoms in total. The van der Waals surface area contributed by atoms with Crippen molar-refractivity contribution in [3.63, 3.8) is 0 Å². The normalized spacial score (nSPS) is 11.9. The SMILES string of the molecule is CCNC(=O)C(CC)N(Cc1ccc(OC)cc1)C(=O)CN(c1cccc(C)c1)S(=O)(=O)c1ccc(Cl)cc1. The number of hydrogen-bond acceptors (Lipinski definition) is 5. The number of sulfonamides is 1. The average molecular weight is 572 g/mol. The molecule has 2 amide bonds. The fourth-order valence-electron chi connectivity index (χ4n) is 4.18. The second kappa shape index (κ2) is 13.5. The number of hydrogen-bond donors (Lipinski definition) is 1. The summed E-state index contributed by atoms with van der Waals surface area (Å²) >= 11 is 5.99. The minimum atomic E-state index is -4.15. The summed E-state index contributed by atoms with van der Waals surface area (Å²) in [6.45, 7) is 5.48. The highest BCUT2D eigenvalue weighted by atomic mass is 35.5. The Morgan fingerprint density at radius 2 is 1.67 bits per heavy atom. The topological polar surface area (TPSA) is 96.0 Å². The third-order valence-corrected chi connectivity index (χ3v) is 8.26. The molecule has 0 radical (unpaired) electrons. The third-order valence-electron chi connectivity index (χ3n) is 6.22. The molecule has 0 aliphatic carbocycles. The van der Waals surface area contributed by atoms with E-state index in [1.54, 1.807) is 44.4 Å². The lowest BCUT2D eigenvalue weighted by molar-refractivity contribution is -0.140. The predicted molar refractivity (Wildman–Crippen MR) is 153 cm³/mol. The van der Waals surface area contributed by atoms with Crippen LogP contribution in [0, 0.1) is 6.92 Å². The molecular weight excluding hydrogens is 538 g/mol. The van der Waals surface area contributed by atoms with Crippen molar-refractivity contribution in [2.24, 2.45) is 0 Å². The van der Waals surface area contributed by atoms with E-state index < -0.39 is 28.5 Å². The first-order chi connectivity index (χ1) is 18.6. The van der Waals surface area contributed by atoms with Gasteiger partial charge >= 0.3 is 0 Å². The van der Waals surface area contributed by atoms with Crippen LogP contribution >= 0.6 is 11.6 Å². The summed E-state index contributed by atoms with van der Waals surface area (Å²) in [5, 5.41) is 3.19. The van der Waals surface area contributed by atoms with E-state index in [1.807, 2.05) is 32.0 Å². The van der Waals surface area contributed by atoms with Gasteiger partial charge in [-0.3, -0.25) is 13.9 Å². The summed E-state index contributed by atoms with van der Waals surface area (Å²) < 4.78 is 34.0. The molecule has 3 aromatic carbocycles. The quantitative estimate of drug-likeness (QED) is 0.337. The van der Waals surface area contributed by atoms with Gasteiger partial charge in [0.05, 0.1) is 17.7 Å². The highest BCUT2D eigenvalue weighted by Crippen LogP contribution is 2.26. The molecule has 0 saturated carbocycles. The van der Waals surface area contributed by atoms with E-state index in [0.717, 1.165) is 15.4 Å². The number of ether oxygens (including phenoxy) is 1. The number of halogens is 1. The van der Waals surface area contributed by atoms with Crippen molar-refractivity contribution in [3.8, 4) is 5.75 Å². The van der Waals surface area contributed by atoms with E-state index in [2.05, 4.69) is 5.32 Å². The maximum absolute atomic E-state index is 14.0. The summed E-state index contributed by atoms with van der Waals surface area (Å²) in [5.74, 6) is -0.153. The van der Waals surface area contributed by atoms with Gasteiger partial charge in [0.2, 0.25) is 11.8 Å². The molecule has 10 heteroatoms. The fraction of sp³-hybridized carbons (Fsp3) is 0.310. The molecule has 3 aromatic rings. The van der Waals surface area contributed by atoms with E-state index in [0.29, 0.717) is 29.4 Å². The zero-order valence-electron chi connectivity index (χ0n) is 22.6. The van der Waals surface area contributed by atoms with Crippen molar-refractivity contribution in [1.29, 1.82) is 0 Å². The van der Waals surface area contributed by atoms with Crippen LogP contribution in [0.15, 0.2) is 77.7 Å². The first-order valence-corrected chi connectivity index (χ1v) is 14.5. The number of carbonyl (C=O) groups is 2. The van der Waals surface area contributed by atoms with Gasteiger partial charge in [-0.25, -0.2) is 8.42 Å². The molecule has 0 aliphatic heterocycles. The van der Waals surface area contributed by atoms with Crippen molar-refractivity contribution < 1.29 is 22.7 Å². The van der Waals surface area contributed by atoms with E-state index >= 15 is 0 Å². The van der Waals surface area contributed by atoms with Gasteiger partial charge in [0.25, 0.3) is 10.0 Å². The number of likely N-dealkylation sites (N-methyl/N-ethyl adjacent to an activating group) is 1. The number of methoxy groups -OCH3 is 1. The molecule has 0 spiro atoms. The number of amides is 2. The van der Waals surface area contributed by atoms with E-state index in [-0.39, 0.29) is 17.3 Å². The number of anilines is 1. The van der Waals surface area contributed by atoms with Gasteiger partial charge in [-0.2, -0.15) is 0 Å². The number of aryl methyl sites for hydroxylation is 1. The Bertz CT molecular complexity index is 1380. The summed E-state index contributed by atoms with van der Waals surface area (Å²) in [5.41, 5.74) is 1.95. The van der Waals surface area contributed by atoms with Gasteiger partial charge in [0.1, 0.15) is 18.3 Å². The molecule has 1 atom stereocenters. The molecule has 1 N–H and O–H groups in total. The zero-order chi connectivity index (χ0) is 28.6. The van der Waals surface area contributed by atoms with Gasteiger partial charge in [0.15, 0.2) is 0 Å². The maximum atomic E-state index is 14.0. The van der Waals surface area contributed by atoms with Crippen LogP contribution in [0.5, 0.6) is 5.75 Å². The van der Waals surface area contributed by atoms with Crippen LogP contribution in [0.4, 0.5) is 5.69 Å². The molecule has 0 aliphatic rings. The highest BCUT2D eigenvalue weighted by Gasteiger charge is 2.33. The highest BCUT2D eigenvalue weighted by molar-refractivity contribution is 7.92. The van der Waals surface area contributed by atoms with Crippen molar-refractivity contribution in [1.82, 2.24) is 10.2 Å². The number of benzene rings is 3. The molecule has 1 unspecified atom stereocenters. The van der Waals surface area contributed by atoms with Crippen LogP contribution in [0.3, 0.4) is 0 Å². The lowest BCUT2D eigenvalue weighted by Gasteiger charge is -2.33. The molecule has 0 heterocycles. The lowest BCUT2D eigenvalue weighted by atomic mass is 10.1. The van der Waals surface area contributed by atoms with Gasteiger partial charge in [0, 0.05) is 18.1 Å². The fourth-order valence-corrected chi connectivity index (χ4v) is 5.72. The molecule has 0 fully saturated rings. The van der Waals surface area contributed by atoms with E-state index in [1.165, 1.54) is 29.2 Å². The standard InChI is InChI=1S/C29H34ClN3O5S/c1-5-27(29(35)31-6-2)32(19-22-10-14-25(38-4)15-11-22)28(34)20-33(24-9-7-8-21(3)18-24)39(36,37)26-16-12-23(30)13-17-26/h7-18,27H,5-6,19-20H2,1-4H3,(H,31,35). The van der Waals surface area contributed by atoms with Gasteiger partial charge in [-0.1, -0.05) is 42.8 Å². The lowest BCUT2D eigenvalue weighted by Crippen LogP contribution is -2.52. The van der Waals surface area contributed by atoms with Crippen molar-refractivity contribution in [2.45, 2.75) is 44.7 Å². The van der Waals surface area contributed by atoms with Crippen LogP contribution in [-0.4, -0.2) is 51.4 Å². The van der Waals surface area contributed by atoms with E-state index in [9.17, 15) is 18.0 Å². The van der Waals surface area contributed by atoms with Gasteiger partial charge in [-0.05, 0) is 79.9 Å². The Morgan fingerprint density at radius 3 is 2.23 bits per heavy atom. The van der Waals surface area contributed by atoms with Crippen LogP contribution < -0.4 is 14.4 Å². The molecule has 0 saturated heterocycles. The second-order valence-corrected chi connectivity index (χ2v) is 11.3. The van der Waals surface area contributed by atoms with Gasteiger partial charge < -0.3 is 15.0 Å². The number of nitrogens with zero attached hydrogens (tertiary/aromatic N) is 2. The second-order valence-electron chi connectivity index (χ2n) is 8.99. The van der Waals surface area contributed by atoms with Crippen LogP contribution in [0.25, 0.3) is 0 Å². The predicted octanol–water partition coefficient (Wildman–Crippen LogP) is 4.80. The monoisotopic (exact) mass is 571 g/mol. The summed E-state index contributed by atoms with van der Waals surface area (Å²) in [4.78, 5) is 28.4. The van der Waals surface area contributed by atoms with Crippen LogP contribution in [0.2, 0.25) is 5.02 Å². The summed E-state index contributed by atoms with van der Waals surface area (Å²) in [6.07, 6.45) is 0.349. The Labute approximate surface area is 235 Å². The minimum absolute atomic E-state index is 0.00122. The van der Waals surface area contributed by atoms with Crippen molar-refractivity contribution >= 4 is 39.1 Å². The number of rotatable bonds is 12.